The molecule has 0 aliphatic rings. The van der Waals surface area contributed by atoms with Gasteiger partial charge < -0.3 is 15.8 Å². The van der Waals surface area contributed by atoms with Crippen molar-refractivity contribution in [2.45, 2.75) is 0 Å². The van der Waals surface area contributed by atoms with Gasteiger partial charge in [-0.15, -0.1) is 11.3 Å². The first-order valence-corrected chi connectivity index (χ1v) is 12.1. The number of thiophene rings is 1. The lowest BCUT2D eigenvalue weighted by Gasteiger charge is -2.12. The third-order valence-electron chi connectivity index (χ3n) is 5.47. The molecular weight excluding hydrogens is 510 g/mol. The number of hydrogen-bond donors (Lipinski definition) is 2. The second-order valence-corrected chi connectivity index (χ2v) is 9.52. The van der Waals surface area contributed by atoms with E-state index in [9.17, 15) is 4.79 Å². The van der Waals surface area contributed by atoms with Crippen molar-refractivity contribution in [2.75, 3.05) is 18.2 Å². The summed E-state index contributed by atoms with van der Waals surface area (Å²) in [4.78, 5) is 19.2. The van der Waals surface area contributed by atoms with Crippen molar-refractivity contribution in [3.63, 3.8) is 0 Å². The van der Waals surface area contributed by atoms with Gasteiger partial charge in [-0.05, 0) is 42.0 Å². The Bertz CT molecular complexity index is 1500. The standard InChI is InChI=1S/C27H20BrN3O2S/c1-33-22-10-6-5-9-19(22)20-15-21(16-7-3-2-4-8-16)31-27-23(20)24(29)25(34-27)26(32)30-18-13-11-17(28)12-14-18/h2-15H,29H2,1H3,(H,30,32). The van der Waals surface area contributed by atoms with Gasteiger partial charge in [0, 0.05) is 26.7 Å². The molecule has 0 bridgehead atoms. The van der Waals surface area contributed by atoms with Crippen LogP contribution in [0, 0.1) is 0 Å². The third kappa shape index (κ3) is 4.16. The van der Waals surface area contributed by atoms with Crippen LogP contribution in [0.1, 0.15) is 9.67 Å². The molecule has 0 unspecified atom stereocenters. The number of rotatable bonds is 5. The monoisotopic (exact) mass is 529 g/mol. The van der Waals surface area contributed by atoms with Crippen molar-refractivity contribution in [1.29, 1.82) is 0 Å². The maximum absolute atomic E-state index is 13.2. The lowest BCUT2D eigenvalue weighted by Crippen LogP contribution is -2.11. The first-order chi connectivity index (χ1) is 16.5. The zero-order chi connectivity index (χ0) is 23.7. The number of nitrogens with one attached hydrogen (secondary N) is 1. The van der Waals surface area contributed by atoms with Gasteiger partial charge in [-0.1, -0.05) is 64.5 Å². The van der Waals surface area contributed by atoms with Gasteiger partial charge in [0.25, 0.3) is 5.91 Å². The Morgan fingerprint density at radius 2 is 1.68 bits per heavy atom. The van der Waals surface area contributed by atoms with Crippen molar-refractivity contribution >= 4 is 54.8 Å². The van der Waals surface area contributed by atoms with Crippen LogP contribution < -0.4 is 15.8 Å². The molecule has 0 aliphatic carbocycles. The molecule has 0 spiro atoms. The Morgan fingerprint density at radius 1 is 0.971 bits per heavy atom. The molecule has 0 fully saturated rings. The molecule has 5 rings (SSSR count). The number of amides is 1. The molecule has 0 aliphatic heterocycles. The van der Waals surface area contributed by atoms with Crippen molar-refractivity contribution < 1.29 is 9.53 Å². The van der Waals surface area contributed by atoms with Crippen LogP contribution in [-0.2, 0) is 0 Å². The van der Waals surface area contributed by atoms with E-state index >= 15 is 0 Å². The van der Waals surface area contributed by atoms with Crippen LogP contribution in [0.15, 0.2) is 89.4 Å². The SMILES string of the molecule is COc1ccccc1-c1cc(-c2ccccc2)nc2sc(C(=O)Nc3ccc(Br)cc3)c(N)c12. The molecule has 0 atom stereocenters. The molecule has 3 N–H and O–H groups in total. The average Bonchev–Trinajstić information content (AvgIpc) is 3.22. The largest absolute Gasteiger partial charge is 0.496 e. The van der Waals surface area contributed by atoms with Crippen molar-refractivity contribution in [1.82, 2.24) is 4.98 Å². The van der Waals surface area contributed by atoms with Crippen LogP contribution in [0.5, 0.6) is 5.75 Å². The fraction of sp³-hybridized carbons (Fsp3) is 0.0370. The normalized spacial score (nSPS) is 10.9. The molecule has 7 heteroatoms. The molecular formula is C27H20BrN3O2S. The molecule has 168 valence electrons. The van der Waals surface area contributed by atoms with E-state index in [1.165, 1.54) is 11.3 Å². The maximum Gasteiger partial charge on any atom is 0.267 e. The first-order valence-electron chi connectivity index (χ1n) is 10.5. The second kappa shape index (κ2) is 9.29. The Labute approximate surface area is 209 Å². The van der Waals surface area contributed by atoms with E-state index < -0.39 is 0 Å². The summed E-state index contributed by atoms with van der Waals surface area (Å²) in [6.45, 7) is 0. The van der Waals surface area contributed by atoms with Crippen molar-refractivity contribution in [3.8, 4) is 28.1 Å². The first kappa shape index (κ1) is 22.1. The van der Waals surface area contributed by atoms with Gasteiger partial charge in [-0.2, -0.15) is 0 Å². The number of halogens is 1. The van der Waals surface area contributed by atoms with Gasteiger partial charge in [-0.3, -0.25) is 4.79 Å². The number of anilines is 2. The Balaban J connectivity index is 1.69. The number of aromatic nitrogens is 1. The predicted molar refractivity (Wildman–Crippen MR) is 144 cm³/mol. The van der Waals surface area contributed by atoms with Crippen LogP contribution in [0.2, 0.25) is 0 Å². The van der Waals surface area contributed by atoms with Gasteiger partial charge in [0.05, 0.1) is 18.5 Å². The zero-order valence-corrected chi connectivity index (χ0v) is 20.6. The molecule has 0 saturated heterocycles. The number of para-hydroxylation sites is 1. The van der Waals surface area contributed by atoms with Gasteiger partial charge in [0.15, 0.2) is 0 Å². The molecule has 2 heterocycles. The number of nitrogen functional groups attached to an aromatic ring is 1. The van der Waals surface area contributed by atoms with Gasteiger partial charge in [-0.25, -0.2) is 4.98 Å². The molecule has 34 heavy (non-hydrogen) atoms. The van der Waals surface area contributed by atoms with E-state index in [4.69, 9.17) is 15.5 Å². The number of fused-ring (bicyclic) bond motifs is 1. The van der Waals surface area contributed by atoms with Crippen LogP contribution in [-0.4, -0.2) is 18.0 Å². The molecule has 5 aromatic rings. The van der Waals surface area contributed by atoms with E-state index in [1.807, 2.05) is 84.9 Å². The summed E-state index contributed by atoms with van der Waals surface area (Å²) in [5, 5.41) is 3.68. The van der Waals surface area contributed by atoms with E-state index in [2.05, 4.69) is 21.2 Å². The summed E-state index contributed by atoms with van der Waals surface area (Å²) < 4.78 is 6.57. The van der Waals surface area contributed by atoms with E-state index in [0.717, 1.165) is 38.0 Å². The number of hydrogen-bond acceptors (Lipinski definition) is 5. The Kier molecular flexibility index (Phi) is 6.04. The summed E-state index contributed by atoms with van der Waals surface area (Å²) in [7, 11) is 1.64. The van der Waals surface area contributed by atoms with E-state index in [1.54, 1.807) is 7.11 Å². The summed E-state index contributed by atoms with van der Waals surface area (Å²) >= 11 is 4.70. The van der Waals surface area contributed by atoms with Gasteiger partial charge in [0.2, 0.25) is 0 Å². The Hall–Kier alpha value is -3.68. The molecule has 1 amide bonds. The number of methoxy groups -OCH3 is 1. The second-order valence-electron chi connectivity index (χ2n) is 7.61. The number of benzene rings is 3. The van der Waals surface area contributed by atoms with Gasteiger partial charge in [0.1, 0.15) is 15.5 Å². The van der Waals surface area contributed by atoms with Crippen molar-refractivity contribution in [3.05, 3.63) is 94.3 Å². The highest BCUT2D eigenvalue weighted by Crippen LogP contribution is 2.43. The molecule has 2 aromatic heterocycles. The average molecular weight is 530 g/mol. The number of nitrogens with two attached hydrogens (primary N) is 1. The third-order valence-corrected chi connectivity index (χ3v) is 7.10. The molecule has 5 nitrogen and oxygen atoms in total. The summed E-state index contributed by atoms with van der Waals surface area (Å²) in [6.07, 6.45) is 0. The maximum atomic E-state index is 13.2. The molecule has 0 saturated carbocycles. The minimum atomic E-state index is -0.268. The number of carbonyl (C=O) groups excluding carboxylic acids is 1. The summed E-state index contributed by atoms with van der Waals surface area (Å²) in [5.74, 6) is 0.454. The lowest BCUT2D eigenvalue weighted by molar-refractivity contribution is 0.103. The van der Waals surface area contributed by atoms with Crippen LogP contribution in [0.25, 0.3) is 32.6 Å². The van der Waals surface area contributed by atoms with E-state index in [0.29, 0.717) is 21.1 Å². The molecule has 3 aromatic carbocycles. The number of carbonyl (C=O) groups is 1. The van der Waals surface area contributed by atoms with Crippen LogP contribution in [0.3, 0.4) is 0 Å². The summed E-state index contributed by atoms with van der Waals surface area (Å²) in [6, 6.07) is 27.1. The minimum absolute atomic E-state index is 0.268. The Morgan fingerprint density at radius 3 is 2.41 bits per heavy atom. The predicted octanol–water partition coefficient (Wildman–Crippen LogP) is 7.24. The highest BCUT2D eigenvalue weighted by Gasteiger charge is 2.23. The fourth-order valence-electron chi connectivity index (χ4n) is 3.85. The van der Waals surface area contributed by atoms with Crippen molar-refractivity contribution in [2.24, 2.45) is 0 Å². The topological polar surface area (TPSA) is 77.2 Å². The van der Waals surface area contributed by atoms with Gasteiger partial charge >= 0.3 is 0 Å². The minimum Gasteiger partial charge on any atom is -0.496 e. The fourth-order valence-corrected chi connectivity index (χ4v) is 5.13. The quantitative estimate of drug-likeness (QED) is 0.251. The number of nitrogens with zero attached hydrogens (tertiary/aromatic N) is 1. The summed E-state index contributed by atoms with van der Waals surface area (Å²) in [5.41, 5.74) is 11.2. The molecule has 0 radical (unpaired) electrons. The zero-order valence-electron chi connectivity index (χ0n) is 18.2. The number of ether oxygens (including phenoxy) is 1. The highest BCUT2D eigenvalue weighted by molar-refractivity contribution is 9.10. The van der Waals surface area contributed by atoms with E-state index in [-0.39, 0.29) is 5.91 Å². The van der Waals surface area contributed by atoms with Crippen LogP contribution in [0.4, 0.5) is 11.4 Å². The highest BCUT2D eigenvalue weighted by atomic mass is 79.9. The smallest absolute Gasteiger partial charge is 0.267 e. The van der Waals surface area contributed by atoms with Crippen LogP contribution >= 0.6 is 27.3 Å². The number of pyridine rings is 1. The lowest BCUT2D eigenvalue weighted by atomic mass is 9.98.